The molecule has 0 bridgehead atoms. The van der Waals surface area contributed by atoms with Crippen LogP contribution in [0.4, 0.5) is 10.1 Å². The van der Waals surface area contributed by atoms with E-state index < -0.39 is 16.4 Å². The second-order valence-corrected chi connectivity index (χ2v) is 4.12. The van der Waals surface area contributed by atoms with Gasteiger partial charge in [-0.1, -0.05) is 0 Å². The van der Waals surface area contributed by atoms with E-state index in [4.69, 9.17) is 4.74 Å². The molecular weight excluding hydrogens is 265 g/mol. The summed E-state index contributed by atoms with van der Waals surface area (Å²) in [6.45, 7) is 1.74. The number of nitrogens with zero attached hydrogens (tertiary/aromatic N) is 1. The van der Waals surface area contributed by atoms with Crippen LogP contribution in [-0.2, 0) is 0 Å². The highest BCUT2D eigenvalue weighted by molar-refractivity contribution is 5.75. The fourth-order valence-corrected chi connectivity index (χ4v) is 1.69. The summed E-state index contributed by atoms with van der Waals surface area (Å²) in [7, 11) is 0. The Kier molecular flexibility index (Phi) is 3.74. The van der Waals surface area contributed by atoms with Gasteiger partial charge in [0, 0.05) is 17.7 Å². The topological polar surface area (TPSA) is 69.4 Å². The van der Waals surface area contributed by atoms with Crippen LogP contribution in [0.2, 0.25) is 0 Å². The fraction of sp³-hybridized carbons (Fsp3) is 0.0714. The van der Waals surface area contributed by atoms with Crippen LogP contribution in [0.1, 0.15) is 15.9 Å². The smallest absolute Gasteiger partial charge is 0.305 e. The van der Waals surface area contributed by atoms with E-state index in [1.54, 1.807) is 25.1 Å². The van der Waals surface area contributed by atoms with Crippen LogP contribution in [0.3, 0.4) is 0 Å². The van der Waals surface area contributed by atoms with Gasteiger partial charge in [0.05, 0.1) is 4.92 Å². The van der Waals surface area contributed by atoms with Gasteiger partial charge in [0.2, 0.25) is 5.82 Å². The maximum Gasteiger partial charge on any atom is 0.305 e. The average Bonchev–Trinajstić information content (AvgIpc) is 2.40. The highest BCUT2D eigenvalue weighted by Gasteiger charge is 2.14. The number of hydrogen-bond acceptors (Lipinski definition) is 4. The molecule has 0 heterocycles. The third-order valence-corrected chi connectivity index (χ3v) is 2.68. The summed E-state index contributed by atoms with van der Waals surface area (Å²) < 4.78 is 18.9. The summed E-state index contributed by atoms with van der Waals surface area (Å²) in [5.74, 6) is -0.367. The van der Waals surface area contributed by atoms with Crippen LogP contribution >= 0.6 is 0 Å². The molecule has 102 valence electrons. The molecule has 0 saturated heterocycles. The number of halogens is 1. The van der Waals surface area contributed by atoms with E-state index in [-0.39, 0.29) is 5.75 Å². The van der Waals surface area contributed by atoms with Gasteiger partial charge in [0.15, 0.2) is 0 Å². The molecule has 2 rings (SSSR count). The molecule has 0 amide bonds. The van der Waals surface area contributed by atoms with E-state index in [0.717, 1.165) is 12.1 Å². The predicted molar refractivity (Wildman–Crippen MR) is 69.7 cm³/mol. The van der Waals surface area contributed by atoms with Gasteiger partial charge in [-0.2, -0.15) is 4.39 Å². The highest BCUT2D eigenvalue weighted by Crippen LogP contribution is 2.28. The van der Waals surface area contributed by atoms with E-state index in [9.17, 15) is 19.3 Å². The molecule has 6 heteroatoms. The predicted octanol–water partition coefficient (Wildman–Crippen LogP) is 3.65. The summed E-state index contributed by atoms with van der Waals surface area (Å²) in [6.07, 6.45) is 0.711. The minimum Gasteiger partial charge on any atom is -0.457 e. The number of aryl methyl sites for hydroxylation is 1. The Bertz CT molecular complexity index is 685. The molecule has 20 heavy (non-hydrogen) atoms. The summed E-state index contributed by atoms with van der Waals surface area (Å²) in [4.78, 5) is 20.3. The molecule has 0 aromatic heterocycles. The zero-order valence-corrected chi connectivity index (χ0v) is 10.5. The van der Waals surface area contributed by atoms with Crippen molar-refractivity contribution in [3.05, 3.63) is 63.5 Å². The number of rotatable bonds is 4. The van der Waals surface area contributed by atoms with Crippen LogP contribution < -0.4 is 4.74 Å². The van der Waals surface area contributed by atoms with Crippen LogP contribution in [0.5, 0.6) is 11.5 Å². The summed E-state index contributed by atoms with van der Waals surface area (Å²) in [5, 5.41) is 10.5. The van der Waals surface area contributed by atoms with Gasteiger partial charge >= 0.3 is 5.69 Å². The maximum atomic E-state index is 13.5. The Balaban J connectivity index is 2.28. The molecule has 0 aliphatic carbocycles. The van der Waals surface area contributed by atoms with Gasteiger partial charge in [-0.15, -0.1) is 0 Å². The van der Waals surface area contributed by atoms with Crippen molar-refractivity contribution in [2.24, 2.45) is 0 Å². The van der Waals surface area contributed by atoms with Gasteiger partial charge in [0.1, 0.15) is 17.8 Å². The molecule has 0 aliphatic heterocycles. The first kappa shape index (κ1) is 13.7. The van der Waals surface area contributed by atoms with E-state index in [1.165, 1.54) is 6.07 Å². The number of nitro groups is 1. The second kappa shape index (κ2) is 5.48. The first-order valence-electron chi connectivity index (χ1n) is 5.69. The van der Waals surface area contributed by atoms with Gasteiger partial charge in [-0.3, -0.25) is 14.9 Å². The van der Waals surface area contributed by atoms with Crippen molar-refractivity contribution in [1.82, 2.24) is 0 Å². The third-order valence-electron chi connectivity index (χ3n) is 2.68. The summed E-state index contributed by atoms with van der Waals surface area (Å²) in [5.41, 5.74) is 0.600. The normalized spacial score (nSPS) is 10.1. The van der Waals surface area contributed by atoms with Gasteiger partial charge in [-0.05, 0) is 36.8 Å². The van der Waals surface area contributed by atoms with E-state index in [2.05, 4.69) is 0 Å². The van der Waals surface area contributed by atoms with Crippen molar-refractivity contribution in [2.75, 3.05) is 0 Å². The van der Waals surface area contributed by atoms with Gasteiger partial charge < -0.3 is 4.74 Å². The SMILES string of the molecule is Cc1cc(C=O)ccc1Oc1ccc([N+](=O)[O-])c(F)c1. The average molecular weight is 275 g/mol. The number of carbonyl (C=O) groups is 1. The monoisotopic (exact) mass is 275 g/mol. The highest BCUT2D eigenvalue weighted by atomic mass is 19.1. The Hall–Kier alpha value is -2.76. The van der Waals surface area contributed by atoms with E-state index in [1.807, 2.05) is 0 Å². The van der Waals surface area contributed by atoms with E-state index in [0.29, 0.717) is 23.2 Å². The van der Waals surface area contributed by atoms with Gasteiger partial charge in [-0.25, -0.2) is 0 Å². The van der Waals surface area contributed by atoms with Crippen molar-refractivity contribution in [2.45, 2.75) is 6.92 Å². The Labute approximate surface area is 113 Å². The molecule has 0 spiro atoms. The first-order valence-corrected chi connectivity index (χ1v) is 5.69. The molecule has 5 nitrogen and oxygen atoms in total. The second-order valence-electron chi connectivity index (χ2n) is 4.12. The molecule has 0 saturated carbocycles. The number of aldehydes is 1. The standard InChI is InChI=1S/C14H10FNO4/c1-9-6-10(8-17)2-5-14(9)20-11-3-4-13(16(18)19)12(15)7-11/h2-8H,1H3. The van der Waals surface area contributed by atoms with Crippen molar-refractivity contribution in [3.63, 3.8) is 0 Å². The molecule has 2 aromatic rings. The number of benzene rings is 2. The lowest BCUT2D eigenvalue weighted by molar-refractivity contribution is -0.387. The van der Waals surface area contributed by atoms with Crippen LogP contribution in [-0.4, -0.2) is 11.2 Å². The lowest BCUT2D eigenvalue weighted by Gasteiger charge is -2.09. The number of hydrogen-bond donors (Lipinski definition) is 0. The molecule has 0 unspecified atom stereocenters. The Morgan fingerprint density at radius 3 is 2.55 bits per heavy atom. The molecule has 2 aromatic carbocycles. The number of ether oxygens (including phenoxy) is 1. The largest absolute Gasteiger partial charge is 0.457 e. The molecule has 0 fully saturated rings. The third kappa shape index (κ3) is 2.80. The minimum atomic E-state index is -0.963. The number of nitro benzene ring substituents is 1. The first-order chi connectivity index (χ1) is 9.51. The molecule has 0 radical (unpaired) electrons. The zero-order chi connectivity index (χ0) is 14.7. The van der Waals surface area contributed by atoms with Crippen molar-refractivity contribution in [3.8, 4) is 11.5 Å². The van der Waals surface area contributed by atoms with Crippen molar-refractivity contribution in [1.29, 1.82) is 0 Å². The van der Waals surface area contributed by atoms with Crippen LogP contribution in [0.15, 0.2) is 36.4 Å². The maximum absolute atomic E-state index is 13.5. The Morgan fingerprint density at radius 2 is 2.00 bits per heavy atom. The number of carbonyl (C=O) groups excluding carboxylic acids is 1. The zero-order valence-electron chi connectivity index (χ0n) is 10.5. The van der Waals surface area contributed by atoms with Gasteiger partial charge in [0.25, 0.3) is 0 Å². The summed E-state index contributed by atoms with van der Waals surface area (Å²) in [6, 6.07) is 8.08. The molecule has 0 atom stereocenters. The summed E-state index contributed by atoms with van der Waals surface area (Å²) >= 11 is 0. The molecule has 0 aliphatic rings. The van der Waals surface area contributed by atoms with Crippen molar-refractivity contribution < 1.29 is 18.8 Å². The van der Waals surface area contributed by atoms with E-state index >= 15 is 0 Å². The quantitative estimate of drug-likeness (QED) is 0.485. The molecule has 0 N–H and O–H groups in total. The van der Waals surface area contributed by atoms with Crippen LogP contribution in [0.25, 0.3) is 0 Å². The van der Waals surface area contributed by atoms with Crippen molar-refractivity contribution >= 4 is 12.0 Å². The lowest BCUT2D eigenvalue weighted by atomic mass is 10.1. The lowest BCUT2D eigenvalue weighted by Crippen LogP contribution is -1.94. The Morgan fingerprint density at radius 1 is 1.25 bits per heavy atom. The fourth-order valence-electron chi connectivity index (χ4n) is 1.69. The minimum absolute atomic E-state index is 0.148. The molecular formula is C14H10FNO4. The van der Waals surface area contributed by atoms with Crippen LogP contribution in [0, 0.1) is 22.9 Å².